The van der Waals surface area contributed by atoms with Crippen molar-refractivity contribution in [3.05, 3.63) is 33.8 Å². The predicted octanol–water partition coefficient (Wildman–Crippen LogP) is 3.20. The van der Waals surface area contributed by atoms with E-state index in [9.17, 15) is 4.79 Å². The Labute approximate surface area is 123 Å². The van der Waals surface area contributed by atoms with Crippen molar-refractivity contribution in [3.63, 3.8) is 0 Å². The molecule has 0 saturated heterocycles. The van der Waals surface area contributed by atoms with E-state index in [-0.39, 0.29) is 18.6 Å². The van der Waals surface area contributed by atoms with E-state index in [2.05, 4.69) is 5.32 Å². The highest BCUT2D eigenvalue weighted by Crippen LogP contribution is 2.22. The van der Waals surface area contributed by atoms with Crippen LogP contribution in [0.4, 0.5) is 0 Å². The van der Waals surface area contributed by atoms with E-state index in [4.69, 9.17) is 28.3 Å². The molecule has 0 spiro atoms. The molecule has 19 heavy (non-hydrogen) atoms. The third kappa shape index (κ3) is 5.81. The number of aliphatic hydroxyl groups excluding tert-OH is 1. The molecule has 1 rings (SSSR count). The number of carbonyl (C=O) groups excluding carboxylic acids is 1. The molecule has 1 aromatic rings. The van der Waals surface area contributed by atoms with Gasteiger partial charge in [0, 0.05) is 29.1 Å². The topological polar surface area (TPSA) is 49.3 Å². The van der Waals surface area contributed by atoms with Crippen LogP contribution < -0.4 is 5.32 Å². The Morgan fingerprint density at radius 2 is 2.16 bits per heavy atom. The molecule has 2 N–H and O–H groups in total. The lowest BCUT2D eigenvalue weighted by atomic mass is 10.1. The second-order valence-electron chi connectivity index (χ2n) is 4.42. The number of rotatable bonds is 7. The van der Waals surface area contributed by atoms with Crippen molar-refractivity contribution in [3.8, 4) is 0 Å². The van der Waals surface area contributed by atoms with Crippen LogP contribution in [0, 0.1) is 0 Å². The minimum atomic E-state index is -0.0219. The number of amides is 1. The molecule has 0 aromatic heterocycles. The van der Waals surface area contributed by atoms with Gasteiger partial charge in [-0.2, -0.15) is 0 Å². The Hall–Kier alpha value is -0.770. The lowest BCUT2D eigenvalue weighted by molar-refractivity contribution is -0.121. The van der Waals surface area contributed by atoms with Gasteiger partial charge >= 0.3 is 0 Å². The first kappa shape index (κ1) is 16.3. The average molecular weight is 304 g/mol. The fraction of sp³-hybridized carbons (Fsp3) is 0.500. The first-order valence-corrected chi connectivity index (χ1v) is 7.16. The minimum absolute atomic E-state index is 0.0219. The van der Waals surface area contributed by atoms with Gasteiger partial charge in [0.2, 0.25) is 5.91 Å². The monoisotopic (exact) mass is 303 g/mol. The van der Waals surface area contributed by atoms with Crippen LogP contribution in [0.2, 0.25) is 10.0 Å². The summed E-state index contributed by atoms with van der Waals surface area (Å²) in [5.74, 6) is -0.0219. The molecule has 3 nitrogen and oxygen atoms in total. The molecule has 1 atom stereocenters. The lowest BCUT2D eigenvalue weighted by Crippen LogP contribution is -2.35. The smallest absolute Gasteiger partial charge is 0.220 e. The van der Waals surface area contributed by atoms with Crippen LogP contribution in [-0.4, -0.2) is 23.7 Å². The maximum absolute atomic E-state index is 11.8. The van der Waals surface area contributed by atoms with Gasteiger partial charge in [-0.05, 0) is 37.0 Å². The van der Waals surface area contributed by atoms with E-state index in [0.717, 1.165) is 12.0 Å². The molecule has 0 fully saturated rings. The van der Waals surface area contributed by atoms with E-state index < -0.39 is 0 Å². The summed E-state index contributed by atoms with van der Waals surface area (Å²) in [4.78, 5) is 11.8. The van der Waals surface area contributed by atoms with Crippen LogP contribution in [0.15, 0.2) is 18.2 Å². The van der Waals surface area contributed by atoms with E-state index in [1.54, 1.807) is 12.1 Å². The van der Waals surface area contributed by atoms with Crippen LogP contribution in [0.25, 0.3) is 0 Å². The predicted molar refractivity (Wildman–Crippen MR) is 78.7 cm³/mol. The standard InChI is InChI=1S/C14H19Cl2NO2/c1-2-12(7-8-18)17-14(19)6-4-10-3-5-11(15)9-13(10)16/h3,5,9,12,18H,2,4,6-8H2,1H3,(H,17,19). The maximum Gasteiger partial charge on any atom is 0.220 e. The summed E-state index contributed by atoms with van der Waals surface area (Å²) >= 11 is 11.9. The van der Waals surface area contributed by atoms with E-state index >= 15 is 0 Å². The van der Waals surface area contributed by atoms with Crippen molar-refractivity contribution in [1.29, 1.82) is 0 Å². The molecular weight excluding hydrogens is 285 g/mol. The number of benzene rings is 1. The number of hydrogen-bond acceptors (Lipinski definition) is 2. The number of hydrogen-bond donors (Lipinski definition) is 2. The molecule has 0 aliphatic heterocycles. The summed E-state index contributed by atoms with van der Waals surface area (Å²) in [6, 6.07) is 5.32. The van der Waals surface area contributed by atoms with Gasteiger partial charge in [0.05, 0.1) is 0 Å². The Balaban J connectivity index is 2.45. The van der Waals surface area contributed by atoms with Gasteiger partial charge in [0.25, 0.3) is 0 Å². The van der Waals surface area contributed by atoms with Crippen LogP contribution in [0.5, 0.6) is 0 Å². The molecule has 0 heterocycles. The number of halogens is 2. The third-order valence-electron chi connectivity index (χ3n) is 2.97. The highest BCUT2D eigenvalue weighted by molar-refractivity contribution is 6.35. The highest BCUT2D eigenvalue weighted by atomic mass is 35.5. The Morgan fingerprint density at radius 1 is 1.42 bits per heavy atom. The first-order chi connectivity index (χ1) is 9.06. The molecule has 0 saturated carbocycles. The zero-order chi connectivity index (χ0) is 14.3. The maximum atomic E-state index is 11.8. The summed E-state index contributed by atoms with van der Waals surface area (Å²) in [5, 5.41) is 12.9. The first-order valence-electron chi connectivity index (χ1n) is 6.41. The van der Waals surface area contributed by atoms with E-state index in [0.29, 0.717) is 29.3 Å². The van der Waals surface area contributed by atoms with Crippen molar-refractivity contribution >= 4 is 29.1 Å². The fourth-order valence-corrected chi connectivity index (χ4v) is 2.31. The Kier molecular flexibility index (Phi) is 7.21. The summed E-state index contributed by atoms with van der Waals surface area (Å²) in [6.45, 7) is 2.07. The molecule has 1 amide bonds. The van der Waals surface area contributed by atoms with Gasteiger partial charge in [-0.25, -0.2) is 0 Å². The summed E-state index contributed by atoms with van der Waals surface area (Å²) < 4.78 is 0. The van der Waals surface area contributed by atoms with Crippen LogP contribution >= 0.6 is 23.2 Å². The molecule has 1 unspecified atom stereocenters. The number of nitrogens with one attached hydrogen (secondary N) is 1. The van der Waals surface area contributed by atoms with Crippen molar-refractivity contribution < 1.29 is 9.90 Å². The summed E-state index contributed by atoms with van der Waals surface area (Å²) in [5.41, 5.74) is 0.913. The molecule has 1 aromatic carbocycles. The molecule has 5 heteroatoms. The number of aryl methyl sites for hydroxylation is 1. The van der Waals surface area contributed by atoms with Gasteiger partial charge in [-0.1, -0.05) is 36.2 Å². The van der Waals surface area contributed by atoms with Crippen molar-refractivity contribution in [2.75, 3.05) is 6.61 Å². The molecule has 0 bridgehead atoms. The molecular formula is C14H19Cl2NO2. The molecule has 0 aliphatic rings. The second kappa shape index (κ2) is 8.41. The van der Waals surface area contributed by atoms with Crippen LogP contribution in [-0.2, 0) is 11.2 Å². The molecule has 0 radical (unpaired) electrons. The van der Waals surface area contributed by atoms with Gasteiger partial charge in [-0.15, -0.1) is 0 Å². The van der Waals surface area contributed by atoms with Crippen LogP contribution in [0.3, 0.4) is 0 Å². The van der Waals surface area contributed by atoms with Gasteiger partial charge in [-0.3, -0.25) is 4.79 Å². The van der Waals surface area contributed by atoms with Crippen molar-refractivity contribution in [2.45, 2.75) is 38.6 Å². The van der Waals surface area contributed by atoms with Gasteiger partial charge in [0.1, 0.15) is 0 Å². The normalized spacial score (nSPS) is 12.2. The van der Waals surface area contributed by atoms with E-state index in [1.165, 1.54) is 0 Å². The summed E-state index contributed by atoms with van der Waals surface area (Å²) in [6.07, 6.45) is 2.36. The second-order valence-corrected chi connectivity index (χ2v) is 5.26. The van der Waals surface area contributed by atoms with Crippen LogP contribution in [0.1, 0.15) is 31.7 Å². The summed E-state index contributed by atoms with van der Waals surface area (Å²) in [7, 11) is 0. The SMILES string of the molecule is CCC(CCO)NC(=O)CCc1ccc(Cl)cc1Cl. The van der Waals surface area contributed by atoms with Gasteiger partial charge < -0.3 is 10.4 Å². The third-order valence-corrected chi connectivity index (χ3v) is 3.56. The Morgan fingerprint density at radius 3 is 2.74 bits per heavy atom. The molecule has 106 valence electrons. The number of carbonyl (C=O) groups is 1. The van der Waals surface area contributed by atoms with Gasteiger partial charge in [0.15, 0.2) is 0 Å². The zero-order valence-corrected chi connectivity index (χ0v) is 12.5. The van der Waals surface area contributed by atoms with Crippen molar-refractivity contribution in [2.24, 2.45) is 0 Å². The lowest BCUT2D eigenvalue weighted by Gasteiger charge is -2.15. The Bertz CT molecular complexity index is 424. The highest BCUT2D eigenvalue weighted by Gasteiger charge is 2.10. The largest absolute Gasteiger partial charge is 0.396 e. The quantitative estimate of drug-likeness (QED) is 0.812. The van der Waals surface area contributed by atoms with Crippen molar-refractivity contribution in [1.82, 2.24) is 5.32 Å². The average Bonchev–Trinajstić information content (AvgIpc) is 2.37. The number of aliphatic hydroxyl groups is 1. The minimum Gasteiger partial charge on any atom is -0.396 e. The zero-order valence-electron chi connectivity index (χ0n) is 11.0. The fourth-order valence-electron chi connectivity index (χ4n) is 1.81. The van der Waals surface area contributed by atoms with E-state index in [1.807, 2.05) is 13.0 Å². The molecule has 0 aliphatic carbocycles.